The van der Waals surface area contributed by atoms with E-state index < -0.39 is 35.3 Å². The third-order valence-corrected chi connectivity index (χ3v) is 6.12. The van der Waals surface area contributed by atoms with Crippen molar-refractivity contribution in [2.45, 2.75) is 51.4 Å². The number of alkyl halides is 1. The van der Waals surface area contributed by atoms with E-state index in [1.54, 1.807) is 23.1 Å². The predicted octanol–water partition coefficient (Wildman–Crippen LogP) is 5.20. The third kappa shape index (κ3) is 6.05. The van der Waals surface area contributed by atoms with E-state index in [-0.39, 0.29) is 30.4 Å². The number of nitrogens with two attached hydrogens (primary N) is 1. The highest BCUT2D eigenvalue weighted by Gasteiger charge is 2.41. The summed E-state index contributed by atoms with van der Waals surface area (Å²) in [5.74, 6) is 2.23. The van der Waals surface area contributed by atoms with Gasteiger partial charge in [0.25, 0.3) is 0 Å². The Kier molecular flexibility index (Phi) is 7.94. The average molecular weight is 490 g/mol. The smallest absolute Gasteiger partial charge is 0.330 e. The topological polar surface area (TPSA) is 104 Å². The molecule has 1 aliphatic heterocycles. The Morgan fingerprint density at radius 2 is 2.06 bits per heavy atom. The first-order valence-corrected chi connectivity index (χ1v) is 11.2. The van der Waals surface area contributed by atoms with Crippen LogP contribution in [0.15, 0.2) is 64.0 Å². The van der Waals surface area contributed by atoms with Gasteiger partial charge in [-0.1, -0.05) is 23.4 Å². The zero-order valence-corrected chi connectivity index (χ0v) is 20.2. The van der Waals surface area contributed by atoms with E-state index in [0.717, 1.165) is 11.6 Å². The van der Waals surface area contributed by atoms with E-state index in [1.807, 2.05) is 6.92 Å². The Labute approximate surface area is 202 Å². The zero-order valence-electron chi connectivity index (χ0n) is 20.2. The summed E-state index contributed by atoms with van der Waals surface area (Å²) in [6, 6.07) is 3.93. The van der Waals surface area contributed by atoms with E-state index >= 15 is 8.78 Å². The van der Waals surface area contributed by atoms with Crippen LogP contribution in [-0.2, 0) is 16.0 Å². The van der Waals surface area contributed by atoms with Crippen molar-refractivity contribution in [3.05, 3.63) is 70.3 Å². The van der Waals surface area contributed by atoms with E-state index in [9.17, 15) is 9.18 Å². The molecular weight excluding hydrogens is 459 g/mol. The van der Waals surface area contributed by atoms with Crippen molar-refractivity contribution < 1.29 is 22.7 Å². The van der Waals surface area contributed by atoms with Crippen LogP contribution in [0.4, 0.5) is 13.2 Å². The summed E-state index contributed by atoms with van der Waals surface area (Å²) in [5, 5.41) is 14.7. The van der Waals surface area contributed by atoms with Crippen molar-refractivity contribution in [3.63, 3.8) is 0 Å². The van der Waals surface area contributed by atoms with E-state index in [0.29, 0.717) is 17.5 Å². The normalized spacial score (nSPS) is 23.5. The standard InChI is InChI=1S/C25H30F3N5O2/c1-14-9-17-12-16(24(29)31-32-30)6-7-18(17)23(33(14)13-25(2,3)28)22-19(26)10-15(11-20(22)27)5-8-21(34)35-4/h5-8,10,12,14-15,23H,9,11,13H2,1-4H3,(H3,29,30,31)/b8-5+. The van der Waals surface area contributed by atoms with Crippen molar-refractivity contribution in [1.29, 1.82) is 5.41 Å². The molecule has 0 saturated heterocycles. The number of carbonyl (C=O) groups is 1. The minimum Gasteiger partial charge on any atom is -0.466 e. The molecule has 2 aliphatic rings. The molecule has 0 saturated carbocycles. The maximum atomic E-state index is 15.5. The lowest BCUT2D eigenvalue weighted by molar-refractivity contribution is -0.134. The number of carbonyl (C=O) groups excluding carboxylic acids is 1. The molecule has 1 aromatic rings. The molecule has 3 unspecified atom stereocenters. The van der Waals surface area contributed by atoms with Crippen LogP contribution in [0.2, 0.25) is 0 Å². The Morgan fingerprint density at radius 3 is 2.66 bits per heavy atom. The van der Waals surface area contributed by atoms with Gasteiger partial charge in [0.15, 0.2) is 5.84 Å². The molecule has 7 nitrogen and oxygen atoms in total. The second-order valence-electron chi connectivity index (χ2n) is 9.41. The van der Waals surface area contributed by atoms with Gasteiger partial charge in [0, 0.05) is 42.1 Å². The summed E-state index contributed by atoms with van der Waals surface area (Å²) in [6.07, 6.45) is 4.15. The molecule has 1 aromatic carbocycles. The van der Waals surface area contributed by atoms with Gasteiger partial charge in [-0.15, -0.1) is 5.11 Å². The number of ether oxygens (including phenoxy) is 1. The number of halogens is 3. The van der Waals surface area contributed by atoms with Crippen LogP contribution in [-0.4, -0.2) is 42.1 Å². The van der Waals surface area contributed by atoms with Gasteiger partial charge >= 0.3 is 5.97 Å². The van der Waals surface area contributed by atoms with Crippen LogP contribution in [0.1, 0.15) is 49.9 Å². The Hall–Kier alpha value is -3.27. The number of methoxy groups -OCH3 is 1. The summed E-state index contributed by atoms with van der Waals surface area (Å²) in [7, 11) is 1.22. The number of nitrogens with zero attached hydrogens (tertiary/aromatic N) is 3. The summed E-state index contributed by atoms with van der Waals surface area (Å²) < 4.78 is 50.4. The summed E-state index contributed by atoms with van der Waals surface area (Å²) in [6.45, 7) is 4.71. The predicted molar refractivity (Wildman–Crippen MR) is 127 cm³/mol. The second kappa shape index (κ2) is 10.6. The number of fused-ring (bicyclic) bond motifs is 1. The van der Waals surface area contributed by atoms with Gasteiger partial charge in [-0.25, -0.2) is 18.0 Å². The van der Waals surface area contributed by atoms with Gasteiger partial charge < -0.3 is 10.6 Å². The molecule has 35 heavy (non-hydrogen) atoms. The highest BCUT2D eigenvalue weighted by molar-refractivity contribution is 5.97. The molecule has 3 atom stereocenters. The van der Waals surface area contributed by atoms with Gasteiger partial charge in [0.1, 0.15) is 17.3 Å². The largest absolute Gasteiger partial charge is 0.466 e. The highest BCUT2D eigenvalue weighted by Crippen LogP contribution is 2.46. The molecule has 0 fully saturated rings. The van der Waals surface area contributed by atoms with Crippen LogP contribution in [0.3, 0.4) is 0 Å². The first-order chi connectivity index (χ1) is 16.4. The molecule has 0 amide bonds. The molecule has 3 N–H and O–H groups in total. The maximum Gasteiger partial charge on any atom is 0.330 e. The SMILES string of the molecule is COC(=O)/C=C/C1C=C(F)C(C2c3ccc(C(=N)N=NN)cc3CC(C)N2CC(C)(C)F)=C(F)C1. The lowest BCUT2D eigenvalue weighted by atomic mass is 9.80. The average Bonchev–Trinajstić information content (AvgIpc) is 2.77. The molecule has 0 spiro atoms. The first kappa shape index (κ1) is 26.3. The van der Waals surface area contributed by atoms with E-state index in [2.05, 4.69) is 15.1 Å². The number of esters is 1. The Bertz CT molecular complexity index is 1120. The molecule has 1 heterocycles. The molecule has 188 valence electrons. The van der Waals surface area contributed by atoms with E-state index in [1.165, 1.54) is 33.1 Å². The zero-order chi connectivity index (χ0) is 25.9. The summed E-state index contributed by atoms with van der Waals surface area (Å²) in [5.41, 5.74) is 0.127. The number of hydrogen-bond acceptors (Lipinski definition) is 5. The molecule has 3 rings (SSSR count). The van der Waals surface area contributed by atoms with Crippen molar-refractivity contribution >= 4 is 11.8 Å². The van der Waals surface area contributed by atoms with Crippen molar-refractivity contribution in [1.82, 2.24) is 4.90 Å². The molecule has 0 radical (unpaired) electrons. The third-order valence-electron chi connectivity index (χ3n) is 6.12. The van der Waals surface area contributed by atoms with Crippen molar-refractivity contribution in [2.24, 2.45) is 22.1 Å². The van der Waals surface area contributed by atoms with Crippen LogP contribution < -0.4 is 5.84 Å². The first-order valence-electron chi connectivity index (χ1n) is 11.2. The van der Waals surface area contributed by atoms with Gasteiger partial charge in [0.2, 0.25) is 0 Å². The fourth-order valence-electron chi connectivity index (χ4n) is 4.64. The van der Waals surface area contributed by atoms with Crippen LogP contribution >= 0.6 is 0 Å². The lowest BCUT2D eigenvalue weighted by Gasteiger charge is -2.45. The summed E-state index contributed by atoms with van der Waals surface area (Å²) >= 11 is 0. The van der Waals surface area contributed by atoms with Crippen LogP contribution in [0, 0.1) is 11.3 Å². The lowest BCUT2D eigenvalue weighted by Crippen LogP contribution is -2.48. The quantitative estimate of drug-likeness (QED) is 0.109. The minimum absolute atomic E-state index is 0.0348. The number of benzene rings is 1. The van der Waals surface area contributed by atoms with Gasteiger partial charge in [0.05, 0.1) is 13.2 Å². The van der Waals surface area contributed by atoms with Gasteiger partial charge in [-0.3, -0.25) is 10.3 Å². The number of nitrogens with one attached hydrogen (secondary N) is 1. The molecule has 0 bridgehead atoms. The molecule has 0 aromatic heterocycles. The number of hydrogen-bond donors (Lipinski definition) is 2. The maximum absolute atomic E-state index is 15.5. The Balaban J connectivity index is 2.09. The number of amidine groups is 1. The van der Waals surface area contributed by atoms with Crippen LogP contribution in [0.5, 0.6) is 0 Å². The molecule has 1 aliphatic carbocycles. The fraction of sp³-hybridized carbons (Fsp3) is 0.440. The minimum atomic E-state index is -1.61. The van der Waals surface area contributed by atoms with Crippen molar-refractivity contribution in [2.75, 3.05) is 13.7 Å². The highest BCUT2D eigenvalue weighted by atomic mass is 19.1. The van der Waals surface area contributed by atoms with Crippen molar-refractivity contribution in [3.8, 4) is 0 Å². The number of rotatable bonds is 6. The summed E-state index contributed by atoms with van der Waals surface area (Å²) in [4.78, 5) is 13.2. The van der Waals surface area contributed by atoms with Gasteiger partial charge in [-0.05, 0) is 50.5 Å². The van der Waals surface area contributed by atoms with Crippen LogP contribution in [0.25, 0.3) is 0 Å². The Morgan fingerprint density at radius 1 is 1.34 bits per heavy atom. The second-order valence-corrected chi connectivity index (χ2v) is 9.41. The van der Waals surface area contributed by atoms with E-state index in [4.69, 9.17) is 11.3 Å². The number of allylic oxidation sites excluding steroid dienone is 3. The van der Waals surface area contributed by atoms with Gasteiger partial charge in [-0.2, -0.15) is 0 Å². The molecular formula is C25H30F3N5O2. The fourth-order valence-corrected chi connectivity index (χ4v) is 4.64. The monoisotopic (exact) mass is 489 g/mol. The molecule has 10 heteroatoms.